The van der Waals surface area contributed by atoms with Gasteiger partial charge in [0.05, 0.1) is 23.1 Å². The van der Waals surface area contributed by atoms with Crippen LogP contribution < -0.4 is 5.32 Å². The number of carbonyl (C=O) groups is 2. The first kappa shape index (κ1) is 16.5. The summed E-state index contributed by atoms with van der Waals surface area (Å²) >= 11 is 1.07. The second kappa shape index (κ2) is 7.93. The van der Waals surface area contributed by atoms with E-state index >= 15 is 0 Å². The Hall–Kier alpha value is -1.51. The topological polar surface area (TPSA) is 109 Å². The van der Waals surface area contributed by atoms with Crippen LogP contribution in [0.25, 0.3) is 0 Å². The molecule has 0 saturated heterocycles. The Kier molecular flexibility index (Phi) is 6.56. The van der Waals surface area contributed by atoms with E-state index in [4.69, 9.17) is 4.74 Å². The van der Waals surface area contributed by atoms with Crippen LogP contribution in [0.3, 0.4) is 0 Å². The number of nitrogens with zero attached hydrogens (tertiary/aromatic N) is 1. The van der Waals surface area contributed by atoms with Gasteiger partial charge in [-0.25, -0.2) is 9.78 Å². The molecule has 1 heterocycles. The van der Waals surface area contributed by atoms with Crippen LogP contribution in [-0.4, -0.2) is 46.3 Å². The predicted octanol–water partition coefficient (Wildman–Crippen LogP) is 0.240. The Morgan fingerprint density at radius 2 is 2.20 bits per heavy atom. The van der Waals surface area contributed by atoms with Gasteiger partial charge in [0, 0.05) is 13.5 Å². The highest BCUT2D eigenvalue weighted by atomic mass is 32.1. The fraction of sp³-hybridized carbons (Fsp3) is 0.583. The minimum absolute atomic E-state index is 0.0166. The van der Waals surface area contributed by atoms with Crippen molar-refractivity contribution in [3.63, 3.8) is 0 Å². The van der Waals surface area contributed by atoms with Crippen LogP contribution in [0.4, 0.5) is 0 Å². The van der Waals surface area contributed by atoms with Gasteiger partial charge in [-0.1, -0.05) is 0 Å². The van der Waals surface area contributed by atoms with Gasteiger partial charge in [0.15, 0.2) is 5.69 Å². The summed E-state index contributed by atoms with van der Waals surface area (Å²) in [5.41, 5.74) is 1.42. The first-order valence-corrected chi connectivity index (χ1v) is 7.06. The Labute approximate surface area is 120 Å². The monoisotopic (exact) mass is 302 g/mol. The summed E-state index contributed by atoms with van der Waals surface area (Å²) in [5.74, 6) is -0.839. The van der Waals surface area contributed by atoms with E-state index < -0.39 is 18.2 Å². The molecule has 0 saturated carbocycles. The molecule has 1 aromatic rings. The average Bonchev–Trinajstić information content (AvgIpc) is 2.86. The maximum atomic E-state index is 11.6. The van der Waals surface area contributed by atoms with Crippen LogP contribution in [-0.2, 0) is 9.53 Å². The number of aliphatic hydroxyl groups excluding tert-OH is 2. The van der Waals surface area contributed by atoms with Crippen molar-refractivity contribution in [3.05, 3.63) is 16.1 Å². The van der Waals surface area contributed by atoms with E-state index in [2.05, 4.69) is 10.3 Å². The molecule has 3 N–H and O–H groups in total. The zero-order valence-electron chi connectivity index (χ0n) is 11.3. The number of hydrogen-bond acceptors (Lipinski definition) is 7. The van der Waals surface area contributed by atoms with Gasteiger partial charge >= 0.3 is 5.97 Å². The van der Waals surface area contributed by atoms with E-state index in [-0.39, 0.29) is 36.1 Å². The number of nitrogens with one attached hydrogen (secondary N) is 1. The van der Waals surface area contributed by atoms with Crippen molar-refractivity contribution in [1.29, 1.82) is 0 Å². The van der Waals surface area contributed by atoms with Crippen molar-refractivity contribution in [1.82, 2.24) is 10.3 Å². The molecule has 0 radical (unpaired) electrons. The molecular formula is C12H18N2O5S. The van der Waals surface area contributed by atoms with Gasteiger partial charge in [-0.05, 0) is 13.3 Å². The zero-order chi connectivity index (χ0) is 15.1. The van der Waals surface area contributed by atoms with Crippen molar-refractivity contribution in [2.45, 2.75) is 32.5 Å². The molecule has 2 atom stereocenters. The van der Waals surface area contributed by atoms with E-state index in [1.165, 1.54) is 12.4 Å². The fourth-order valence-corrected chi connectivity index (χ4v) is 2.36. The molecule has 112 valence electrons. The number of amides is 1. The normalized spacial score (nSPS) is 13.6. The summed E-state index contributed by atoms with van der Waals surface area (Å²) in [4.78, 5) is 26.5. The third-order valence-electron chi connectivity index (χ3n) is 2.51. The Morgan fingerprint density at radius 1 is 1.50 bits per heavy atom. The van der Waals surface area contributed by atoms with Gasteiger partial charge in [0.25, 0.3) is 0 Å². The first-order valence-electron chi connectivity index (χ1n) is 6.18. The van der Waals surface area contributed by atoms with Crippen LogP contribution in [0, 0.1) is 0 Å². The van der Waals surface area contributed by atoms with Gasteiger partial charge in [-0.3, -0.25) is 4.79 Å². The van der Waals surface area contributed by atoms with Crippen molar-refractivity contribution < 1.29 is 24.5 Å². The number of aliphatic hydroxyl groups is 2. The second-order valence-corrected chi connectivity index (χ2v) is 4.96. The van der Waals surface area contributed by atoms with Crippen LogP contribution in [0.1, 0.15) is 41.7 Å². The highest BCUT2D eigenvalue weighted by Gasteiger charge is 2.26. The predicted molar refractivity (Wildman–Crippen MR) is 72.3 cm³/mol. The third-order valence-corrected chi connectivity index (χ3v) is 3.41. The maximum absolute atomic E-state index is 11.6. The van der Waals surface area contributed by atoms with Crippen LogP contribution >= 0.6 is 11.3 Å². The summed E-state index contributed by atoms with van der Waals surface area (Å²) in [6.45, 7) is 3.48. The molecule has 0 aliphatic heterocycles. The number of carbonyl (C=O) groups excluding carboxylic acids is 2. The Morgan fingerprint density at radius 3 is 2.80 bits per heavy atom. The summed E-state index contributed by atoms with van der Waals surface area (Å²) in [6, 6.07) is 0. The van der Waals surface area contributed by atoms with Crippen LogP contribution in [0.2, 0.25) is 0 Å². The van der Waals surface area contributed by atoms with Gasteiger partial charge in [-0.2, -0.15) is 0 Å². The maximum Gasteiger partial charge on any atom is 0.358 e. The van der Waals surface area contributed by atoms with E-state index in [9.17, 15) is 19.8 Å². The molecule has 1 rings (SSSR count). The minimum Gasteiger partial charge on any atom is -0.461 e. The Bertz CT molecular complexity index is 462. The molecule has 8 heteroatoms. The molecule has 0 spiro atoms. The lowest BCUT2D eigenvalue weighted by Crippen LogP contribution is -2.28. The minimum atomic E-state index is -1.24. The highest BCUT2D eigenvalue weighted by molar-refractivity contribution is 7.10. The number of ether oxygens (including phenoxy) is 1. The highest BCUT2D eigenvalue weighted by Crippen LogP contribution is 2.26. The quantitative estimate of drug-likeness (QED) is 0.623. The summed E-state index contributed by atoms with van der Waals surface area (Å²) in [7, 11) is 0. The third kappa shape index (κ3) is 4.55. The fourth-order valence-electron chi connectivity index (χ4n) is 1.55. The van der Waals surface area contributed by atoms with Crippen molar-refractivity contribution in [2.75, 3.05) is 13.2 Å². The van der Waals surface area contributed by atoms with E-state index in [1.54, 1.807) is 6.92 Å². The molecule has 2 unspecified atom stereocenters. The standard InChI is InChI=1S/C12H18N2O5S/c1-3-19-12(18)9-11(20-6-14-9)10(17)8(16)4-5-13-7(2)15/h6,8,10,16-17H,3-5H2,1-2H3,(H,13,15). The molecule has 0 bridgehead atoms. The van der Waals surface area contributed by atoms with Gasteiger partial charge in [0.2, 0.25) is 5.91 Å². The molecule has 0 aromatic carbocycles. The molecular weight excluding hydrogens is 284 g/mol. The molecule has 0 aliphatic carbocycles. The average molecular weight is 302 g/mol. The SMILES string of the molecule is CCOC(=O)c1ncsc1C(O)C(O)CCNC(C)=O. The van der Waals surface area contributed by atoms with E-state index in [0.717, 1.165) is 11.3 Å². The van der Waals surface area contributed by atoms with Crippen LogP contribution in [0.5, 0.6) is 0 Å². The largest absolute Gasteiger partial charge is 0.461 e. The second-order valence-electron chi connectivity index (χ2n) is 4.07. The van der Waals surface area contributed by atoms with Crippen molar-refractivity contribution in [3.8, 4) is 0 Å². The number of thiazole rings is 1. The van der Waals surface area contributed by atoms with Crippen LogP contribution in [0.15, 0.2) is 5.51 Å². The summed E-state index contributed by atoms with van der Waals surface area (Å²) in [5, 5.41) is 22.4. The molecule has 1 aromatic heterocycles. The van der Waals surface area contributed by atoms with Gasteiger partial charge in [-0.15, -0.1) is 11.3 Å². The summed E-state index contributed by atoms with van der Waals surface area (Å²) < 4.78 is 4.82. The lowest BCUT2D eigenvalue weighted by molar-refractivity contribution is -0.119. The zero-order valence-corrected chi connectivity index (χ0v) is 12.1. The molecule has 0 fully saturated rings. The van der Waals surface area contributed by atoms with E-state index in [1.807, 2.05) is 0 Å². The lowest BCUT2D eigenvalue weighted by atomic mass is 10.1. The van der Waals surface area contributed by atoms with Crippen molar-refractivity contribution >= 4 is 23.2 Å². The van der Waals surface area contributed by atoms with Crippen molar-refractivity contribution in [2.24, 2.45) is 0 Å². The Balaban J connectivity index is 2.67. The molecule has 20 heavy (non-hydrogen) atoms. The van der Waals surface area contributed by atoms with Gasteiger partial charge in [0.1, 0.15) is 6.10 Å². The summed E-state index contributed by atoms with van der Waals surface area (Å²) in [6.07, 6.45) is -2.17. The molecule has 7 nitrogen and oxygen atoms in total. The molecule has 0 aliphatic rings. The lowest BCUT2D eigenvalue weighted by Gasteiger charge is -2.17. The first-order chi connectivity index (χ1) is 9.47. The number of rotatable bonds is 7. The number of hydrogen-bond donors (Lipinski definition) is 3. The van der Waals surface area contributed by atoms with Gasteiger partial charge < -0.3 is 20.3 Å². The smallest absolute Gasteiger partial charge is 0.358 e. The molecule has 1 amide bonds. The number of esters is 1. The number of aromatic nitrogens is 1. The van der Waals surface area contributed by atoms with E-state index in [0.29, 0.717) is 0 Å².